The number of nitrogens with zero attached hydrogens (tertiary/aromatic N) is 1. The van der Waals surface area contributed by atoms with Gasteiger partial charge in [0.25, 0.3) is 0 Å². The number of nitrogens with one attached hydrogen (secondary N) is 1. The molecular formula is C17H23FN2O2. The molecule has 120 valence electrons. The van der Waals surface area contributed by atoms with Crippen LogP contribution in [-0.4, -0.2) is 37.0 Å². The lowest BCUT2D eigenvalue weighted by Gasteiger charge is -2.22. The van der Waals surface area contributed by atoms with Crippen LogP contribution in [-0.2, 0) is 11.3 Å². The molecule has 1 fully saturated rings. The summed E-state index contributed by atoms with van der Waals surface area (Å²) in [6.07, 6.45) is 3.93. The molecule has 0 spiro atoms. The normalized spacial score (nSPS) is 22.2. The number of halogens is 1. The van der Waals surface area contributed by atoms with E-state index < -0.39 is 0 Å². The molecule has 0 radical (unpaired) electrons. The van der Waals surface area contributed by atoms with E-state index in [0.717, 1.165) is 37.9 Å². The van der Waals surface area contributed by atoms with Crippen molar-refractivity contribution >= 4 is 5.91 Å². The molecule has 1 N–H and O–H groups in total. The summed E-state index contributed by atoms with van der Waals surface area (Å²) in [7, 11) is 0. The van der Waals surface area contributed by atoms with Gasteiger partial charge in [-0.25, -0.2) is 4.39 Å². The predicted molar refractivity (Wildman–Crippen MR) is 82.1 cm³/mol. The quantitative estimate of drug-likeness (QED) is 0.912. The van der Waals surface area contributed by atoms with Gasteiger partial charge < -0.3 is 15.0 Å². The van der Waals surface area contributed by atoms with Crippen LogP contribution in [0.3, 0.4) is 0 Å². The summed E-state index contributed by atoms with van der Waals surface area (Å²) in [6, 6.07) is 4.54. The average Bonchev–Trinajstić information content (AvgIpc) is 2.87. The zero-order valence-corrected chi connectivity index (χ0v) is 12.8. The van der Waals surface area contributed by atoms with Crippen molar-refractivity contribution in [2.75, 3.05) is 26.2 Å². The van der Waals surface area contributed by atoms with Crippen LogP contribution in [0.15, 0.2) is 18.2 Å². The largest absolute Gasteiger partial charge is 0.491 e. The lowest BCUT2D eigenvalue weighted by atomic mass is 9.96. The van der Waals surface area contributed by atoms with Crippen molar-refractivity contribution in [1.82, 2.24) is 10.2 Å². The Balaban J connectivity index is 1.63. The number of rotatable bonds is 2. The van der Waals surface area contributed by atoms with Crippen molar-refractivity contribution in [2.24, 2.45) is 5.92 Å². The number of ether oxygens (including phenoxy) is 1. The Kier molecular flexibility index (Phi) is 4.93. The Morgan fingerprint density at radius 2 is 2.27 bits per heavy atom. The zero-order valence-electron chi connectivity index (χ0n) is 12.8. The molecule has 2 heterocycles. The topological polar surface area (TPSA) is 41.6 Å². The van der Waals surface area contributed by atoms with E-state index in [4.69, 9.17) is 4.74 Å². The molecule has 1 unspecified atom stereocenters. The molecule has 2 aliphatic rings. The molecule has 0 bridgehead atoms. The SMILES string of the molecule is O=C(CC1CCCNCC1)N1CCOc2cc(F)ccc2C1. The van der Waals surface area contributed by atoms with Gasteiger partial charge in [0.2, 0.25) is 5.91 Å². The lowest BCUT2D eigenvalue weighted by molar-refractivity contribution is -0.133. The van der Waals surface area contributed by atoms with Gasteiger partial charge in [-0.05, 0) is 44.3 Å². The molecule has 5 heteroatoms. The second-order valence-electron chi connectivity index (χ2n) is 6.17. The highest BCUT2D eigenvalue weighted by Gasteiger charge is 2.23. The van der Waals surface area contributed by atoms with Gasteiger partial charge in [-0.1, -0.05) is 6.07 Å². The van der Waals surface area contributed by atoms with Crippen LogP contribution in [0.4, 0.5) is 4.39 Å². The molecule has 1 saturated heterocycles. The van der Waals surface area contributed by atoms with Gasteiger partial charge in [0.1, 0.15) is 18.2 Å². The van der Waals surface area contributed by atoms with Crippen molar-refractivity contribution in [1.29, 1.82) is 0 Å². The first-order chi connectivity index (χ1) is 10.7. The maximum absolute atomic E-state index is 13.3. The second-order valence-corrected chi connectivity index (χ2v) is 6.17. The molecule has 0 aliphatic carbocycles. The summed E-state index contributed by atoms with van der Waals surface area (Å²) in [6.45, 7) is 3.57. The number of carbonyl (C=O) groups excluding carboxylic acids is 1. The molecule has 0 saturated carbocycles. The minimum atomic E-state index is -0.301. The van der Waals surface area contributed by atoms with Gasteiger partial charge in [0.15, 0.2) is 0 Å². The average molecular weight is 306 g/mol. The third-order valence-electron chi connectivity index (χ3n) is 4.52. The fourth-order valence-electron chi connectivity index (χ4n) is 3.23. The van der Waals surface area contributed by atoms with E-state index >= 15 is 0 Å². The molecule has 4 nitrogen and oxygen atoms in total. The molecule has 1 atom stereocenters. The number of amides is 1. The summed E-state index contributed by atoms with van der Waals surface area (Å²) >= 11 is 0. The molecule has 3 rings (SSSR count). The van der Waals surface area contributed by atoms with Crippen LogP contribution in [0.25, 0.3) is 0 Å². The highest BCUT2D eigenvalue weighted by atomic mass is 19.1. The third-order valence-corrected chi connectivity index (χ3v) is 4.52. The third kappa shape index (κ3) is 3.77. The highest BCUT2D eigenvalue weighted by molar-refractivity contribution is 5.76. The van der Waals surface area contributed by atoms with Crippen LogP contribution in [0.2, 0.25) is 0 Å². The first-order valence-electron chi connectivity index (χ1n) is 8.12. The van der Waals surface area contributed by atoms with Crippen molar-refractivity contribution < 1.29 is 13.9 Å². The number of hydrogen-bond donors (Lipinski definition) is 1. The van der Waals surface area contributed by atoms with Gasteiger partial charge in [-0.3, -0.25) is 4.79 Å². The molecule has 1 aromatic carbocycles. The number of fused-ring (bicyclic) bond motifs is 1. The summed E-state index contributed by atoms with van der Waals surface area (Å²) in [4.78, 5) is 14.4. The van der Waals surface area contributed by atoms with Crippen LogP contribution in [0.5, 0.6) is 5.75 Å². The number of carbonyl (C=O) groups is 1. The van der Waals surface area contributed by atoms with Gasteiger partial charge in [0, 0.05) is 24.6 Å². The lowest BCUT2D eigenvalue weighted by Crippen LogP contribution is -2.33. The Hall–Kier alpha value is -1.62. The van der Waals surface area contributed by atoms with E-state index in [-0.39, 0.29) is 11.7 Å². The van der Waals surface area contributed by atoms with Crippen molar-refractivity contribution in [2.45, 2.75) is 32.2 Å². The minimum absolute atomic E-state index is 0.188. The maximum Gasteiger partial charge on any atom is 0.223 e. The maximum atomic E-state index is 13.3. The van der Waals surface area contributed by atoms with E-state index in [1.165, 1.54) is 12.1 Å². The first kappa shape index (κ1) is 15.3. The van der Waals surface area contributed by atoms with E-state index in [9.17, 15) is 9.18 Å². The van der Waals surface area contributed by atoms with E-state index in [1.54, 1.807) is 6.07 Å². The Morgan fingerprint density at radius 1 is 1.36 bits per heavy atom. The minimum Gasteiger partial charge on any atom is -0.491 e. The molecule has 0 aromatic heterocycles. The van der Waals surface area contributed by atoms with Gasteiger partial charge in [0.05, 0.1) is 6.54 Å². The smallest absolute Gasteiger partial charge is 0.223 e. The van der Waals surface area contributed by atoms with Crippen LogP contribution < -0.4 is 10.1 Å². The summed E-state index contributed by atoms with van der Waals surface area (Å²) in [5.74, 6) is 0.922. The van der Waals surface area contributed by atoms with Crippen molar-refractivity contribution in [3.63, 3.8) is 0 Å². The Bertz CT molecular complexity index is 527. The Labute approximate surface area is 130 Å². The van der Waals surface area contributed by atoms with Gasteiger partial charge in [-0.2, -0.15) is 0 Å². The van der Waals surface area contributed by atoms with E-state index in [0.29, 0.717) is 37.8 Å². The highest BCUT2D eigenvalue weighted by Crippen LogP contribution is 2.25. The fourth-order valence-corrected chi connectivity index (χ4v) is 3.23. The molecule has 2 aliphatic heterocycles. The predicted octanol–water partition coefficient (Wildman–Crippen LogP) is 2.33. The monoisotopic (exact) mass is 306 g/mol. The number of benzene rings is 1. The first-order valence-corrected chi connectivity index (χ1v) is 8.12. The molecule has 1 aromatic rings. The number of hydrogen-bond acceptors (Lipinski definition) is 3. The standard InChI is InChI=1S/C17H23FN2O2/c18-15-4-3-14-12-20(8-9-22-16(14)11-15)17(21)10-13-2-1-6-19-7-5-13/h3-4,11,13,19H,1-2,5-10,12H2. The molecule has 1 amide bonds. The Morgan fingerprint density at radius 3 is 3.18 bits per heavy atom. The van der Waals surface area contributed by atoms with E-state index in [2.05, 4.69) is 5.32 Å². The molecule has 22 heavy (non-hydrogen) atoms. The van der Waals surface area contributed by atoms with Crippen molar-refractivity contribution in [3.05, 3.63) is 29.6 Å². The van der Waals surface area contributed by atoms with Crippen LogP contribution >= 0.6 is 0 Å². The fraction of sp³-hybridized carbons (Fsp3) is 0.588. The summed E-state index contributed by atoms with van der Waals surface area (Å²) in [5, 5.41) is 3.38. The summed E-state index contributed by atoms with van der Waals surface area (Å²) < 4.78 is 18.8. The van der Waals surface area contributed by atoms with Gasteiger partial charge >= 0.3 is 0 Å². The van der Waals surface area contributed by atoms with Crippen molar-refractivity contribution in [3.8, 4) is 5.75 Å². The van der Waals surface area contributed by atoms with Gasteiger partial charge in [-0.15, -0.1) is 0 Å². The van der Waals surface area contributed by atoms with Crippen LogP contribution in [0, 0.1) is 11.7 Å². The second kappa shape index (κ2) is 7.09. The zero-order chi connectivity index (χ0) is 15.4. The van der Waals surface area contributed by atoms with Crippen LogP contribution in [0.1, 0.15) is 31.2 Å². The summed E-state index contributed by atoms with van der Waals surface area (Å²) in [5.41, 5.74) is 0.884. The molecular weight excluding hydrogens is 283 g/mol. The van der Waals surface area contributed by atoms with E-state index in [1.807, 2.05) is 4.90 Å².